The van der Waals surface area contributed by atoms with Crippen LogP contribution in [-0.2, 0) is 21.2 Å². The molecular weight excluding hydrogens is 408 g/mol. The maximum atomic E-state index is 12.6. The third-order valence-corrected chi connectivity index (χ3v) is 7.46. The molecule has 0 radical (unpaired) electrons. The predicted octanol–water partition coefficient (Wildman–Crippen LogP) is 3.99. The van der Waals surface area contributed by atoms with Crippen LogP contribution in [0, 0.1) is 5.92 Å². The summed E-state index contributed by atoms with van der Waals surface area (Å²) < 4.78 is 27.8. The molecule has 3 aromatic rings. The number of likely N-dealkylation sites (tertiary alicyclic amines) is 1. The third kappa shape index (κ3) is 5.51. The smallest absolute Gasteiger partial charge is 0.240 e. The van der Waals surface area contributed by atoms with Crippen molar-refractivity contribution in [3.05, 3.63) is 78.4 Å². The van der Waals surface area contributed by atoms with Gasteiger partial charge in [-0.1, -0.05) is 60.7 Å². The van der Waals surface area contributed by atoms with Crippen LogP contribution in [0.5, 0.6) is 0 Å². The van der Waals surface area contributed by atoms with Gasteiger partial charge in [-0.15, -0.1) is 0 Å². The van der Waals surface area contributed by atoms with Gasteiger partial charge in [-0.3, -0.25) is 4.79 Å². The molecule has 0 aliphatic carbocycles. The zero-order chi connectivity index (χ0) is 21.7. The van der Waals surface area contributed by atoms with Crippen LogP contribution in [0.15, 0.2) is 77.7 Å². The minimum atomic E-state index is -3.64. The highest BCUT2D eigenvalue weighted by Gasteiger charge is 2.23. The second-order valence-electron chi connectivity index (χ2n) is 8.17. The van der Waals surface area contributed by atoms with Crippen LogP contribution < -0.4 is 4.72 Å². The normalized spacial score (nSPS) is 15.3. The summed E-state index contributed by atoms with van der Waals surface area (Å²) in [7, 11) is -3.64. The Hall–Kier alpha value is -2.70. The molecule has 0 bridgehead atoms. The number of benzene rings is 3. The third-order valence-electron chi connectivity index (χ3n) is 6.00. The quantitative estimate of drug-likeness (QED) is 0.609. The van der Waals surface area contributed by atoms with Crippen molar-refractivity contribution >= 4 is 26.7 Å². The molecule has 1 aliphatic rings. The Morgan fingerprint density at radius 1 is 0.903 bits per heavy atom. The van der Waals surface area contributed by atoms with Gasteiger partial charge in [0.15, 0.2) is 0 Å². The Morgan fingerprint density at radius 3 is 2.32 bits per heavy atom. The number of hydrogen-bond donors (Lipinski definition) is 1. The minimum Gasteiger partial charge on any atom is -0.343 e. The van der Waals surface area contributed by atoms with E-state index >= 15 is 0 Å². The van der Waals surface area contributed by atoms with Gasteiger partial charge in [0.25, 0.3) is 0 Å². The molecule has 1 aliphatic heterocycles. The van der Waals surface area contributed by atoms with Crippen LogP contribution in [0.25, 0.3) is 10.8 Å². The maximum absolute atomic E-state index is 12.6. The molecule has 5 nitrogen and oxygen atoms in total. The molecule has 31 heavy (non-hydrogen) atoms. The lowest BCUT2D eigenvalue weighted by atomic mass is 9.90. The molecule has 4 rings (SSSR count). The number of carbonyl (C=O) groups excluding carboxylic acids is 1. The Kier molecular flexibility index (Phi) is 6.68. The molecule has 3 aromatic carbocycles. The summed E-state index contributed by atoms with van der Waals surface area (Å²) in [4.78, 5) is 14.6. The van der Waals surface area contributed by atoms with Crippen molar-refractivity contribution in [2.45, 2.75) is 30.6 Å². The second kappa shape index (κ2) is 9.62. The number of fused-ring (bicyclic) bond motifs is 1. The fourth-order valence-electron chi connectivity index (χ4n) is 4.20. The van der Waals surface area contributed by atoms with E-state index < -0.39 is 10.0 Å². The maximum Gasteiger partial charge on any atom is 0.240 e. The molecule has 6 heteroatoms. The van der Waals surface area contributed by atoms with E-state index in [0.717, 1.165) is 43.1 Å². The van der Waals surface area contributed by atoms with E-state index in [1.54, 1.807) is 18.2 Å². The van der Waals surface area contributed by atoms with Gasteiger partial charge in [0, 0.05) is 26.1 Å². The molecule has 0 spiro atoms. The van der Waals surface area contributed by atoms with Crippen molar-refractivity contribution in [3.63, 3.8) is 0 Å². The molecule has 0 aromatic heterocycles. The highest BCUT2D eigenvalue weighted by atomic mass is 32.2. The second-order valence-corrected chi connectivity index (χ2v) is 9.94. The van der Waals surface area contributed by atoms with E-state index in [9.17, 15) is 13.2 Å². The van der Waals surface area contributed by atoms with Crippen LogP contribution in [0.1, 0.15) is 24.8 Å². The summed E-state index contributed by atoms with van der Waals surface area (Å²) in [6.07, 6.45) is 3.21. The average molecular weight is 437 g/mol. The summed E-state index contributed by atoms with van der Waals surface area (Å²) >= 11 is 0. The SMILES string of the molecule is O=C(CCNS(=O)(=O)c1ccc2ccccc2c1)N1CCC(Cc2ccccc2)CC1. The molecule has 1 amide bonds. The number of carbonyl (C=O) groups is 1. The number of sulfonamides is 1. The number of amides is 1. The van der Waals surface area contributed by atoms with Gasteiger partial charge in [0.1, 0.15) is 0 Å². The first kappa shape index (κ1) is 21.5. The monoisotopic (exact) mass is 436 g/mol. The molecule has 1 N–H and O–H groups in total. The Labute approximate surface area is 184 Å². The molecular formula is C25H28N2O3S. The van der Waals surface area contributed by atoms with Crippen LogP contribution in [0.4, 0.5) is 0 Å². The van der Waals surface area contributed by atoms with E-state index in [4.69, 9.17) is 0 Å². The lowest BCUT2D eigenvalue weighted by molar-refractivity contribution is -0.132. The largest absolute Gasteiger partial charge is 0.343 e. The van der Waals surface area contributed by atoms with E-state index in [1.807, 2.05) is 35.2 Å². The van der Waals surface area contributed by atoms with Gasteiger partial charge < -0.3 is 4.90 Å². The summed E-state index contributed by atoms with van der Waals surface area (Å²) in [6, 6.07) is 23.2. The number of rotatable bonds is 7. The van der Waals surface area contributed by atoms with Crippen molar-refractivity contribution in [1.29, 1.82) is 0 Å². The van der Waals surface area contributed by atoms with Gasteiger partial charge in [0.05, 0.1) is 4.90 Å². The molecule has 0 unspecified atom stereocenters. The molecule has 1 fully saturated rings. The minimum absolute atomic E-state index is 0.0133. The van der Waals surface area contributed by atoms with Crippen LogP contribution in [-0.4, -0.2) is 38.9 Å². The fraction of sp³-hybridized carbons (Fsp3) is 0.320. The van der Waals surface area contributed by atoms with E-state index in [0.29, 0.717) is 5.92 Å². The van der Waals surface area contributed by atoms with Crippen molar-refractivity contribution in [1.82, 2.24) is 9.62 Å². The predicted molar refractivity (Wildman–Crippen MR) is 123 cm³/mol. The topological polar surface area (TPSA) is 66.5 Å². The Bertz CT molecular complexity index is 1140. The van der Waals surface area contributed by atoms with Crippen molar-refractivity contribution in [2.75, 3.05) is 19.6 Å². The van der Waals surface area contributed by atoms with Crippen molar-refractivity contribution in [2.24, 2.45) is 5.92 Å². The first-order chi connectivity index (χ1) is 15.0. The highest BCUT2D eigenvalue weighted by Crippen LogP contribution is 2.22. The number of nitrogens with zero attached hydrogens (tertiary/aromatic N) is 1. The van der Waals surface area contributed by atoms with E-state index in [1.165, 1.54) is 5.56 Å². The molecule has 1 heterocycles. The van der Waals surface area contributed by atoms with Crippen molar-refractivity contribution < 1.29 is 13.2 Å². The molecule has 0 atom stereocenters. The molecule has 162 valence electrons. The Morgan fingerprint density at radius 2 is 1.58 bits per heavy atom. The highest BCUT2D eigenvalue weighted by molar-refractivity contribution is 7.89. The van der Waals surface area contributed by atoms with Gasteiger partial charge in [-0.2, -0.15) is 0 Å². The number of nitrogens with one attached hydrogen (secondary N) is 1. The van der Waals surface area contributed by atoms with Gasteiger partial charge in [0.2, 0.25) is 15.9 Å². The van der Waals surface area contributed by atoms with Crippen LogP contribution >= 0.6 is 0 Å². The molecule has 0 saturated carbocycles. The van der Waals surface area contributed by atoms with Gasteiger partial charge >= 0.3 is 0 Å². The average Bonchev–Trinajstić information content (AvgIpc) is 2.80. The van der Waals surface area contributed by atoms with Gasteiger partial charge in [-0.25, -0.2) is 13.1 Å². The number of hydrogen-bond acceptors (Lipinski definition) is 3. The first-order valence-electron chi connectivity index (χ1n) is 10.8. The number of piperidine rings is 1. The summed E-state index contributed by atoms with van der Waals surface area (Å²) in [5, 5.41) is 1.87. The lowest BCUT2D eigenvalue weighted by Gasteiger charge is -2.32. The standard InChI is InChI=1S/C25H28N2O3S/c28-25(27-16-13-21(14-17-27)18-20-6-2-1-3-7-20)12-15-26-31(29,30)24-11-10-22-8-4-5-9-23(22)19-24/h1-11,19,21,26H,12-18H2. The zero-order valence-electron chi connectivity index (χ0n) is 17.5. The van der Waals surface area contributed by atoms with Gasteiger partial charge in [-0.05, 0) is 53.6 Å². The van der Waals surface area contributed by atoms with Crippen LogP contribution in [0.2, 0.25) is 0 Å². The fourth-order valence-corrected chi connectivity index (χ4v) is 5.27. The Balaban J connectivity index is 1.25. The van der Waals surface area contributed by atoms with Crippen molar-refractivity contribution in [3.8, 4) is 0 Å². The summed E-state index contributed by atoms with van der Waals surface area (Å²) in [6.45, 7) is 1.60. The summed E-state index contributed by atoms with van der Waals surface area (Å²) in [5.41, 5.74) is 1.34. The van der Waals surface area contributed by atoms with E-state index in [2.05, 4.69) is 29.0 Å². The van der Waals surface area contributed by atoms with E-state index in [-0.39, 0.29) is 23.8 Å². The molecule has 1 saturated heterocycles. The first-order valence-corrected chi connectivity index (χ1v) is 12.3. The zero-order valence-corrected chi connectivity index (χ0v) is 18.4. The van der Waals surface area contributed by atoms with Crippen LogP contribution in [0.3, 0.4) is 0 Å². The summed E-state index contributed by atoms with van der Waals surface area (Å²) in [5.74, 6) is 0.609. The lowest BCUT2D eigenvalue weighted by Crippen LogP contribution is -2.40.